The van der Waals surface area contributed by atoms with E-state index in [1.165, 1.54) is 10.7 Å². The summed E-state index contributed by atoms with van der Waals surface area (Å²) in [4.78, 5) is 24.0. The number of benzene rings is 2. The van der Waals surface area contributed by atoms with Crippen LogP contribution in [-0.4, -0.2) is 35.6 Å². The summed E-state index contributed by atoms with van der Waals surface area (Å²) >= 11 is 0. The molecule has 1 amide bonds. The molecule has 0 spiro atoms. The van der Waals surface area contributed by atoms with Gasteiger partial charge in [-0.2, -0.15) is 5.10 Å². The lowest BCUT2D eigenvalue weighted by Crippen LogP contribution is -2.31. The van der Waals surface area contributed by atoms with Crippen LogP contribution in [-0.2, 0) is 11.3 Å². The molecular weight excluding hydrogens is 386 g/mol. The van der Waals surface area contributed by atoms with Crippen molar-refractivity contribution in [3.63, 3.8) is 0 Å². The standard InChI is InChI=1S/C22H21N3O5/c26-21(14-28-17-7-9-19-20(13-17)30-15-29-19)23-11-4-12-25-22(27)10-8-18(24-25)16-5-2-1-3-6-16/h1-3,5-10,13H,4,11-12,14-15H2,(H,23,26). The van der Waals surface area contributed by atoms with E-state index in [-0.39, 0.29) is 24.9 Å². The Labute approximate surface area is 173 Å². The number of fused-ring (bicyclic) bond motifs is 1. The van der Waals surface area contributed by atoms with E-state index in [1.807, 2.05) is 30.3 Å². The lowest BCUT2D eigenvalue weighted by Gasteiger charge is -2.09. The zero-order valence-electron chi connectivity index (χ0n) is 16.2. The highest BCUT2D eigenvalue weighted by molar-refractivity contribution is 5.77. The summed E-state index contributed by atoms with van der Waals surface area (Å²) < 4.78 is 17.4. The number of carbonyl (C=O) groups is 1. The van der Waals surface area contributed by atoms with Gasteiger partial charge in [0.15, 0.2) is 18.1 Å². The number of hydrogen-bond donors (Lipinski definition) is 1. The molecule has 8 nitrogen and oxygen atoms in total. The smallest absolute Gasteiger partial charge is 0.266 e. The second-order valence-corrected chi connectivity index (χ2v) is 6.65. The molecule has 0 saturated carbocycles. The van der Waals surface area contributed by atoms with Crippen molar-refractivity contribution in [2.45, 2.75) is 13.0 Å². The second kappa shape index (κ2) is 9.13. The summed E-state index contributed by atoms with van der Waals surface area (Å²) in [6.45, 7) is 0.891. The van der Waals surface area contributed by atoms with E-state index in [4.69, 9.17) is 14.2 Å². The molecule has 8 heteroatoms. The molecule has 0 aliphatic carbocycles. The fourth-order valence-corrected chi connectivity index (χ4v) is 3.00. The lowest BCUT2D eigenvalue weighted by molar-refractivity contribution is -0.123. The van der Waals surface area contributed by atoms with Crippen molar-refractivity contribution in [2.75, 3.05) is 19.9 Å². The van der Waals surface area contributed by atoms with Gasteiger partial charge in [0.05, 0.1) is 5.69 Å². The SMILES string of the molecule is O=C(COc1ccc2c(c1)OCO2)NCCCn1nc(-c2ccccc2)ccc1=O. The number of nitrogens with one attached hydrogen (secondary N) is 1. The van der Waals surface area contributed by atoms with Gasteiger partial charge in [-0.25, -0.2) is 4.68 Å². The molecule has 1 aliphatic heterocycles. The third-order valence-corrected chi connectivity index (χ3v) is 4.52. The molecule has 2 heterocycles. The van der Waals surface area contributed by atoms with E-state index in [1.54, 1.807) is 24.3 Å². The predicted octanol–water partition coefficient (Wildman–Crippen LogP) is 2.22. The van der Waals surface area contributed by atoms with Crippen molar-refractivity contribution in [2.24, 2.45) is 0 Å². The van der Waals surface area contributed by atoms with E-state index in [0.29, 0.717) is 36.8 Å². The maximum atomic E-state index is 12.0. The Morgan fingerprint density at radius 2 is 1.90 bits per heavy atom. The minimum atomic E-state index is -0.244. The van der Waals surface area contributed by atoms with Crippen molar-refractivity contribution < 1.29 is 19.0 Å². The molecule has 30 heavy (non-hydrogen) atoms. The highest BCUT2D eigenvalue weighted by atomic mass is 16.7. The Morgan fingerprint density at radius 1 is 1.07 bits per heavy atom. The maximum Gasteiger partial charge on any atom is 0.266 e. The van der Waals surface area contributed by atoms with Crippen LogP contribution in [0.5, 0.6) is 17.2 Å². The van der Waals surface area contributed by atoms with Gasteiger partial charge in [0.2, 0.25) is 6.79 Å². The first-order valence-electron chi connectivity index (χ1n) is 9.62. The minimum Gasteiger partial charge on any atom is -0.484 e. The summed E-state index contributed by atoms with van der Waals surface area (Å²) in [6.07, 6.45) is 0.570. The van der Waals surface area contributed by atoms with Gasteiger partial charge in [-0.3, -0.25) is 9.59 Å². The molecule has 2 aromatic carbocycles. The number of aryl methyl sites for hydroxylation is 1. The molecule has 0 fully saturated rings. The van der Waals surface area contributed by atoms with Gasteiger partial charge < -0.3 is 19.5 Å². The average molecular weight is 407 g/mol. The number of hydrogen-bond acceptors (Lipinski definition) is 6. The molecule has 3 aromatic rings. The summed E-state index contributed by atoms with van der Waals surface area (Å²) in [5.41, 5.74) is 1.50. The van der Waals surface area contributed by atoms with Crippen LogP contribution in [0.3, 0.4) is 0 Å². The van der Waals surface area contributed by atoms with E-state index in [2.05, 4.69) is 10.4 Å². The number of carbonyl (C=O) groups excluding carboxylic acids is 1. The van der Waals surface area contributed by atoms with Crippen LogP contribution in [0, 0.1) is 0 Å². The van der Waals surface area contributed by atoms with E-state index in [9.17, 15) is 9.59 Å². The quantitative estimate of drug-likeness (QED) is 0.576. The molecular formula is C22H21N3O5. The van der Waals surface area contributed by atoms with E-state index >= 15 is 0 Å². The van der Waals surface area contributed by atoms with Crippen molar-refractivity contribution in [1.29, 1.82) is 0 Å². The van der Waals surface area contributed by atoms with Crippen LogP contribution in [0.4, 0.5) is 0 Å². The van der Waals surface area contributed by atoms with Gasteiger partial charge >= 0.3 is 0 Å². The van der Waals surface area contributed by atoms with Gasteiger partial charge in [-0.15, -0.1) is 0 Å². The van der Waals surface area contributed by atoms with Crippen LogP contribution in [0.15, 0.2) is 65.5 Å². The molecule has 0 atom stereocenters. The molecule has 1 aliphatic rings. The number of ether oxygens (including phenoxy) is 3. The molecule has 0 radical (unpaired) electrons. The second-order valence-electron chi connectivity index (χ2n) is 6.65. The van der Waals surface area contributed by atoms with Crippen molar-refractivity contribution >= 4 is 5.91 Å². The Hall–Kier alpha value is -3.81. The van der Waals surface area contributed by atoms with Gasteiger partial charge in [0.1, 0.15) is 5.75 Å². The van der Waals surface area contributed by atoms with E-state index in [0.717, 1.165) is 11.3 Å². The fourth-order valence-electron chi connectivity index (χ4n) is 3.00. The van der Waals surface area contributed by atoms with Gasteiger partial charge in [0.25, 0.3) is 11.5 Å². The Bertz CT molecular complexity index is 1080. The third kappa shape index (κ3) is 4.78. The summed E-state index contributed by atoms with van der Waals surface area (Å²) in [5, 5.41) is 7.19. The molecule has 0 bridgehead atoms. The van der Waals surface area contributed by atoms with Crippen LogP contribution < -0.4 is 25.1 Å². The highest BCUT2D eigenvalue weighted by Crippen LogP contribution is 2.34. The van der Waals surface area contributed by atoms with Gasteiger partial charge in [-0.1, -0.05) is 30.3 Å². The number of nitrogens with zero attached hydrogens (tertiary/aromatic N) is 2. The average Bonchev–Trinajstić information content (AvgIpc) is 3.25. The first-order valence-corrected chi connectivity index (χ1v) is 9.62. The van der Waals surface area contributed by atoms with Crippen molar-refractivity contribution in [3.05, 3.63) is 71.0 Å². The molecule has 4 rings (SSSR count). The van der Waals surface area contributed by atoms with Crippen LogP contribution in [0.2, 0.25) is 0 Å². The van der Waals surface area contributed by atoms with Crippen LogP contribution in [0.1, 0.15) is 6.42 Å². The summed E-state index contributed by atoms with van der Waals surface area (Å²) in [6, 6.07) is 18.0. The number of rotatable bonds is 8. The minimum absolute atomic E-state index is 0.110. The van der Waals surface area contributed by atoms with Crippen LogP contribution >= 0.6 is 0 Å². The first kappa shape index (κ1) is 19.5. The van der Waals surface area contributed by atoms with Gasteiger partial charge in [-0.05, 0) is 24.6 Å². The molecule has 1 aromatic heterocycles. The lowest BCUT2D eigenvalue weighted by atomic mass is 10.1. The van der Waals surface area contributed by atoms with Crippen LogP contribution in [0.25, 0.3) is 11.3 Å². The van der Waals surface area contributed by atoms with E-state index < -0.39 is 0 Å². The Balaban J connectivity index is 1.23. The molecule has 1 N–H and O–H groups in total. The zero-order valence-corrected chi connectivity index (χ0v) is 16.2. The summed E-state index contributed by atoms with van der Waals surface area (Å²) in [5.74, 6) is 1.55. The fraction of sp³-hybridized carbons (Fsp3) is 0.227. The largest absolute Gasteiger partial charge is 0.484 e. The number of aromatic nitrogens is 2. The molecule has 0 saturated heterocycles. The predicted molar refractivity (Wildman–Crippen MR) is 110 cm³/mol. The zero-order chi connectivity index (χ0) is 20.8. The topological polar surface area (TPSA) is 91.7 Å². The molecule has 0 unspecified atom stereocenters. The van der Waals surface area contributed by atoms with Gasteiger partial charge in [0, 0.05) is 30.8 Å². The number of amides is 1. The first-order chi connectivity index (χ1) is 14.7. The Kier molecular flexibility index (Phi) is 5.93. The molecule has 154 valence electrons. The normalized spacial score (nSPS) is 11.9. The van der Waals surface area contributed by atoms with Crippen molar-refractivity contribution in [3.8, 4) is 28.5 Å². The Morgan fingerprint density at radius 3 is 2.77 bits per heavy atom. The summed E-state index contributed by atoms with van der Waals surface area (Å²) in [7, 11) is 0. The monoisotopic (exact) mass is 407 g/mol. The third-order valence-electron chi connectivity index (χ3n) is 4.52. The highest BCUT2D eigenvalue weighted by Gasteiger charge is 2.14. The maximum absolute atomic E-state index is 12.0. The van der Waals surface area contributed by atoms with Crippen molar-refractivity contribution in [1.82, 2.24) is 15.1 Å².